The average Bonchev–Trinajstić information content (AvgIpc) is 3.34. The van der Waals surface area contributed by atoms with Crippen LogP contribution in [0.4, 0.5) is 4.79 Å². The van der Waals surface area contributed by atoms with E-state index in [1.165, 1.54) is 12.3 Å². The van der Waals surface area contributed by atoms with Crippen LogP contribution in [0.25, 0.3) is 6.08 Å². The second kappa shape index (κ2) is 8.00. The summed E-state index contributed by atoms with van der Waals surface area (Å²) >= 11 is 0. The Kier molecular flexibility index (Phi) is 5.26. The number of ketones is 1. The highest BCUT2D eigenvalue weighted by Gasteiger charge is 2.32. The molecule has 1 amide bonds. The SMILES string of the molecule is CCOC(=O)N1CCN(Cc2c(O)ccc3c2O/C(=C/c2ccco2)C3=O)CC1. The molecule has 8 nitrogen and oxygen atoms in total. The minimum atomic E-state index is -0.308. The number of amides is 1. The van der Waals surface area contributed by atoms with Crippen molar-refractivity contribution in [2.24, 2.45) is 0 Å². The van der Waals surface area contributed by atoms with Crippen LogP contribution in [0.1, 0.15) is 28.6 Å². The number of hydrogen-bond acceptors (Lipinski definition) is 7. The largest absolute Gasteiger partial charge is 0.507 e. The number of carbonyl (C=O) groups is 2. The summed E-state index contributed by atoms with van der Waals surface area (Å²) in [6.45, 7) is 4.88. The van der Waals surface area contributed by atoms with Crippen LogP contribution in [-0.2, 0) is 11.3 Å². The first-order valence-corrected chi connectivity index (χ1v) is 9.53. The molecule has 0 spiro atoms. The molecule has 3 heterocycles. The van der Waals surface area contributed by atoms with Crippen molar-refractivity contribution in [3.8, 4) is 11.5 Å². The van der Waals surface area contributed by atoms with Crippen molar-refractivity contribution in [1.82, 2.24) is 9.80 Å². The Balaban J connectivity index is 1.50. The fourth-order valence-corrected chi connectivity index (χ4v) is 3.48. The fraction of sp³-hybridized carbons (Fsp3) is 0.333. The Morgan fingerprint density at radius 1 is 1.24 bits per heavy atom. The number of ether oxygens (including phenoxy) is 2. The number of benzene rings is 1. The van der Waals surface area contributed by atoms with Crippen molar-refractivity contribution in [3.05, 3.63) is 53.2 Å². The zero-order chi connectivity index (χ0) is 20.4. The number of phenols is 1. The molecule has 29 heavy (non-hydrogen) atoms. The number of furan rings is 1. The second-order valence-corrected chi connectivity index (χ2v) is 6.86. The van der Waals surface area contributed by atoms with Gasteiger partial charge in [0.2, 0.25) is 5.78 Å². The number of piperazine rings is 1. The number of phenolic OH excluding ortho intramolecular Hbond substituents is 1. The molecule has 2 aromatic rings. The van der Waals surface area contributed by atoms with Crippen molar-refractivity contribution < 1.29 is 28.6 Å². The van der Waals surface area contributed by atoms with Crippen molar-refractivity contribution in [1.29, 1.82) is 0 Å². The smallest absolute Gasteiger partial charge is 0.409 e. The van der Waals surface area contributed by atoms with Gasteiger partial charge in [-0.2, -0.15) is 0 Å². The number of fused-ring (bicyclic) bond motifs is 1. The Hall–Kier alpha value is -3.26. The molecule has 4 rings (SSSR count). The molecule has 1 fully saturated rings. The van der Waals surface area contributed by atoms with Gasteiger partial charge in [0.1, 0.15) is 17.3 Å². The number of Topliss-reactive ketones (excluding diaryl/α,β-unsaturated/α-hetero) is 1. The molecule has 1 N–H and O–H groups in total. The van der Waals surface area contributed by atoms with Crippen molar-refractivity contribution >= 4 is 18.0 Å². The topological polar surface area (TPSA) is 92.5 Å². The summed E-state index contributed by atoms with van der Waals surface area (Å²) in [5, 5.41) is 10.4. The van der Waals surface area contributed by atoms with Crippen LogP contribution in [0.15, 0.2) is 40.7 Å². The Bertz CT molecular complexity index is 942. The van der Waals surface area contributed by atoms with Gasteiger partial charge in [-0.3, -0.25) is 9.69 Å². The van der Waals surface area contributed by atoms with Gasteiger partial charge in [0, 0.05) is 38.8 Å². The summed E-state index contributed by atoms with van der Waals surface area (Å²) in [6, 6.07) is 6.54. The van der Waals surface area contributed by atoms with Gasteiger partial charge in [0.05, 0.1) is 24.0 Å². The third kappa shape index (κ3) is 3.84. The highest BCUT2D eigenvalue weighted by molar-refractivity contribution is 6.14. The first kappa shape index (κ1) is 19.1. The third-order valence-electron chi connectivity index (χ3n) is 5.01. The third-order valence-corrected chi connectivity index (χ3v) is 5.01. The molecule has 0 unspecified atom stereocenters. The van der Waals surface area contributed by atoms with Crippen LogP contribution in [0, 0.1) is 0 Å². The lowest BCUT2D eigenvalue weighted by Crippen LogP contribution is -2.48. The van der Waals surface area contributed by atoms with Crippen LogP contribution >= 0.6 is 0 Å². The Labute approximate surface area is 167 Å². The second-order valence-electron chi connectivity index (χ2n) is 6.86. The van der Waals surface area contributed by atoms with E-state index in [2.05, 4.69) is 4.90 Å². The van der Waals surface area contributed by atoms with E-state index in [0.29, 0.717) is 62.0 Å². The molecule has 1 saturated heterocycles. The maximum absolute atomic E-state index is 12.7. The standard InChI is InChI=1S/C21H22N2O6/c1-2-27-21(26)23-9-7-22(8-10-23)13-16-17(24)6-5-15-19(25)18(29-20(15)16)12-14-4-3-11-28-14/h3-6,11-12,24H,2,7-10,13H2,1H3/b18-12+. The Morgan fingerprint density at radius 3 is 2.72 bits per heavy atom. The van der Waals surface area contributed by atoms with E-state index in [1.807, 2.05) is 0 Å². The predicted octanol–water partition coefficient (Wildman–Crippen LogP) is 2.88. The lowest BCUT2D eigenvalue weighted by Gasteiger charge is -2.34. The van der Waals surface area contributed by atoms with Crippen LogP contribution in [0.5, 0.6) is 11.5 Å². The van der Waals surface area contributed by atoms with Gasteiger partial charge in [0.15, 0.2) is 5.76 Å². The summed E-state index contributed by atoms with van der Waals surface area (Å²) in [5.41, 5.74) is 0.976. The summed E-state index contributed by atoms with van der Waals surface area (Å²) in [4.78, 5) is 28.3. The molecule has 2 aliphatic rings. The minimum absolute atomic E-state index is 0.0728. The fourth-order valence-electron chi connectivity index (χ4n) is 3.48. The van der Waals surface area contributed by atoms with Crippen molar-refractivity contribution in [2.75, 3.05) is 32.8 Å². The van der Waals surface area contributed by atoms with Crippen molar-refractivity contribution in [3.63, 3.8) is 0 Å². The highest BCUT2D eigenvalue weighted by atomic mass is 16.6. The lowest BCUT2D eigenvalue weighted by atomic mass is 10.0. The van der Waals surface area contributed by atoms with Crippen LogP contribution in [-0.4, -0.2) is 59.6 Å². The van der Waals surface area contributed by atoms with Gasteiger partial charge in [-0.15, -0.1) is 0 Å². The highest BCUT2D eigenvalue weighted by Crippen LogP contribution is 2.40. The van der Waals surface area contributed by atoms with Gasteiger partial charge in [-0.1, -0.05) is 0 Å². The van der Waals surface area contributed by atoms with Gasteiger partial charge >= 0.3 is 6.09 Å². The maximum Gasteiger partial charge on any atom is 0.409 e. The molecule has 0 radical (unpaired) electrons. The summed E-state index contributed by atoms with van der Waals surface area (Å²) in [6.07, 6.45) is 2.75. The van der Waals surface area contributed by atoms with E-state index in [0.717, 1.165) is 0 Å². The molecule has 2 aliphatic heterocycles. The molecular weight excluding hydrogens is 376 g/mol. The Morgan fingerprint density at radius 2 is 2.03 bits per heavy atom. The molecule has 0 bridgehead atoms. The first-order chi connectivity index (χ1) is 14.1. The normalized spacial score (nSPS) is 18.0. The van der Waals surface area contributed by atoms with E-state index in [1.54, 1.807) is 36.1 Å². The van der Waals surface area contributed by atoms with Crippen LogP contribution in [0.3, 0.4) is 0 Å². The van der Waals surface area contributed by atoms with Crippen molar-refractivity contribution in [2.45, 2.75) is 13.5 Å². The van der Waals surface area contributed by atoms with Gasteiger partial charge < -0.3 is 23.9 Å². The van der Waals surface area contributed by atoms with E-state index in [4.69, 9.17) is 13.9 Å². The molecule has 0 atom stereocenters. The summed E-state index contributed by atoms with van der Waals surface area (Å²) in [5.74, 6) is 0.880. The molecule has 8 heteroatoms. The number of nitrogens with zero attached hydrogens (tertiary/aromatic N) is 2. The minimum Gasteiger partial charge on any atom is -0.507 e. The zero-order valence-electron chi connectivity index (χ0n) is 16.1. The predicted molar refractivity (Wildman–Crippen MR) is 104 cm³/mol. The number of allylic oxidation sites excluding steroid dienone is 1. The average molecular weight is 398 g/mol. The number of rotatable bonds is 4. The van der Waals surface area contributed by atoms with E-state index >= 15 is 0 Å². The van der Waals surface area contributed by atoms with Gasteiger partial charge in [0.25, 0.3) is 0 Å². The lowest BCUT2D eigenvalue weighted by molar-refractivity contribution is 0.0774. The van der Waals surface area contributed by atoms with E-state index < -0.39 is 0 Å². The number of hydrogen-bond donors (Lipinski definition) is 1. The number of aromatic hydroxyl groups is 1. The molecule has 152 valence electrons. The molecule has 0 aliphatic carbocycles. The van der Waals surface area contributed by atoms with Crippen LogP contribution < -0.4 is 4.74 Å². The van der Waals surface area contributed by atoms with E-state index in [-0.39, 0.29) is 23.4 Å². The van der Waals surface area contributed by atoms with Gasteiger partial charge in [-0.25, -0.2) is 4.79 Å². The first-order valence-electron chi connectivity index (χ1n) is 9.53. The van der Waals surface area contributed by atoms with Gasteiger partial charge in [-0.05, 0) is 31.2 Å². The van der Waals surface area contributed by atoms with E-state index in [9.17, 15) is 14.7 Å². The summed E-state index contributed by atoms with van der Waals surface area (Å²) in [7, 11) is 0. The molecule has 1 aromatic heterocycles. The quantitative estimate of drug-likeness (QED) is 0.792. The molecule has 1 aromatic carbocycles. The monoisotopic (exact) mass is 398 g/mol. The molecular formula is C21H22N2O6. The maximum atomic E-state index is 12.7. The zero-order valence-corrected chi connectivity index (χ0v) is 16.1. The molecule has 0 saturated carbocycles. The van der Waals surface area contributed by atoms with Crippen LogP contribution in [0.2, 0.25) is 0 Å². The number of carbonyl (C=O) groups excluding carboxylic acids is 2. The summed E-state index contributed by atoms with van der Waals surface area (Å²) < 4.78 is 16.1.